The fourth-order valence-electron chi connectivity index (χ4n) is 6.56. The molecule has 0 bridgehead atoms. The van der Waals surface area contributed by atoms with Gasteiger partial charge in [0.05, 0.1) is 38.9 Å². The largest absolute Gasteiger partial charge is 0.469 e. The number of nitrogens with one attached hydrogen (secondary N) is 1. The summed E-state index contributed by atoms with van der Waals surface area (Å²) in [5.41, 5.74) is 1.53. The number of aliphatic imine (C=N–C) groups is 1. The summed E-state index contributed by atoms with van der Waals surface area (Å²) in [6.45, 7) is 1.57. The number of halogens is 2. The van der Waals surface area contributed by atoms with Gasteiger partial charge in [-0.2, -0.15) is 0 Å². The van der Waals surface area contributed by atoms with Crippen LogP contribution < -0.4 is 5.32 Å². The second-order valence-electron chi connectivity index (χ2n) is 10.0. The highest BCUT2D eigenvalue weighted by Gasteiger charge is 2.68. The van der Waals surface area contributed by atoms with Crippen molar-refractivity contribution in [1.82, 2.24) is 15.2 Å². The highest BCUT2D eigenvalue weighted by atomic mass is 79.9. The fraction of sp³-hybridized carbons (Fsp3) is 0.462. The Kier molecular flexibility index (Phi) is 6.61. The Bertz CT molecular complexity index is 1350. The highest BCUT2D eigenvalue weighted by molar-refractivity contribution is 9.10. The molecule has 4 heterocycles. The van der Waals surface area contributed by atoms with Gasteiger partial charge >= 0.3 is 11.9 Å². The smallest absolute Gasteiger partial charge is 0.338 e. The Labute approximate surface area is 231 Å². The molecule has 5 atom stereocenters. The van der Waals surface area contributed by atoms with Crippen LogP contribution >= 0.6 is 27.3 Å². The lowest BCUT2D eigenvalue weighted by molar-refractivity contribution is -0.145. The maximum Gasteiger partial charge on any atom is 0.338 e. The van der Waals surface area contributed by atoms with Crippen molar-refractivity contribution in [1.29, 1.82) is 0 Å². The van der Waals surface area contributed by atoms with E-state index in [2.05, 4.69) is 31.1 Å². The quantitative estimate of drug-likeness (QED) is 0.502. The third kappa shape index (κ3) is 4.00. The van der Waals surface area contributed by atoms with Crippen LogP contribution in [0.15, 0.2) is 50.5 Å². The van der Waals surface area contributed by atoms with E-state index in [1.807, 2.05) is 5.38 Å². The van der Waals surface area contributed by atoms with Gasteiger partial charge in [0.15, 0.2) is 10.8 Å². The molecule has 1 N–H and O–H groups in total. The van der Waals surface area contributed by atoms with E-state index >= 15 is 0 Å². The lowest BCUT2D eigenvalue weighted by Gasteiger charge is -2.57. The van der Waals surface area contributed by atoms with Crippen LogP contribution in [0.25, 0.3) is 0 Å². The zero-order valence-corrected chi connectivity index (χ0v) is 23.2. The van der Waals surface area contributed by atoms with Crippen molar-refractivity contribution in [3.8, 4) is 0 Å². The molecular weight excluding hydrogens is 579 g/mol. The molecule has 1 spiro atoms. The normalized spacial score (nSPS) is 30.2. The van der Waals surface area contributed by atoms with E-state index in [1.54, 1.807) is 12.3 Å². The SMILES string of the molecule is COC(=O)C1=C(CN2C3COCC34CC(C(=O)OC)CC24)NC(c2nccs2)=N[C@H]1c1ccc(F)cc1Br. The molecule has 2 aromatic rings. The highest BCUT2D eigenvalue weighted by Crippen LogP contribution is 2.59. The predicted octanol–water partition coefficient (Wildman–Crippen LogP) is 3.22. The average molecular weight is 605 g/mol. The molecule has 1 aliphatic carbocycles. The molecule has 4 aliphatic rings. The number of methoxy groups -OCH3 is 2. The van der Waals surface area contributed by atoms with E-state index in [-0.39, 0.29) is 29.4 Å². The van der Waals surface area contributed by atoms with E-state index in [0.717, 1.165) is 6.42 Å². The molecule has 3 fully saturated rings. The number of hydrogen-bond acceptors (Lipinski definition) is 10. The Morgan fingerprint density at radius 2 is 2.16 bits per heavy atom. The summed E-state index contributed by atoms with van der Waals surface area (Å²) < 4.78 is 30.6. The second kappa shape index (κ2) is 9.82. The minimum absolute atomic E-state index is 0.0921. The minimum Gasteiger partial charge on any atom is -0.469 e. The second-order valence-corrected chi connectivity index (χ2v) is 11.8. The lowest BCUT2D eigenvalue weighted by atomic mass is 9.68. The predicted molar refractivity (Wildman–Crippen MR) is 140 cm³/mol. The van der Waals surface area contributed by atoms with E-state index in [4.69, 9.17) is 19.2 Å². The Morgan fingerprint density at radius 3 is 2.87 bits per heavy atom. The van der Waals surface area contributed by atoms with Crippen molar-refractivity contribution in [3.63, 3.8) is 0 Å². The van der Waals surface area contributed by atoms with Crippen LogP contribution in [0.4, 0.5) is 4.39 Å². The molecule has 1 saturated carbocycles. The number of aromatic nitrogens is 1. The molecule has 3 aliphatic heterocycles. The maximum atomic E-state index is 14.0. The molecule has 9 nitrogen and oxygen atoms in total. The molecule has 0 radical (unpaired) electrons. The number of thiazole rings is 1. The third-order valence-electron chi connectivity index (χ3n) is 8.21. The van der Waals surface area contributed by atoms with Crippen LogP contribution in [0.1, 0.15) is 29.5 Å². The van der Waals surface area contributed by atoms with Crippen molar-refractivity contribution >= 4 is 45.0 Å². The number of rotatable bonds is 6. The molecule has 200 valence electrons. The summed E-state index contributed by atoms with van der Waals surface area (Å²) in [5.74, 6) is -0.768. The van der Waals surface area contributed by atoms with Crippen molar-refractivity contribution in [2.45, 2.75) is 31.0 Å². The molecule has 12 heteroatoms. The van der Waals surface area contributed by atoms with Gasteiger partial charge in [0, 0.05) is 45.8 Å². The van der Waals surface area contributed by atoms with Gasteiger partial charge in [-0.15, -0.1) is 11.3 Å². The Balaban J connectivity index is 1.40. The molecule has 1 aromatic carbocycles. The number of carbonyl (C=O) groups excluding carboxylic acids is 2. The van der Waals surface area contributed by atoms with Crippen molar-refractivity contribution in [3.05, 3.63) is 61.9 Å². The van der Waals surface area contributed by atoms with Crippen LogP contribution in [0.3, 0.4) is 0 Å². The zero-order valence-electron chi connectivity index (χ0n) is 20.8. The first-order chi connectivity index (χ1) is 18.4. The molecular formula is C26H26BrFN4O5S. The first-order valence-corrected chi connectivity index (χ1v) is 14.0. The lowest BCUT2D eigenvalue weighted by Crippen LogP contribution is -2.69. The molecule has 38 heavy (non-hydrogen) atoms. The van der Waals surface area contributed by atoms with Crippen LogP contribution in [0, 0.1) is 17.2 Å². The van der Waals surface area contributed by atoms with Gasteiger partial charge in [-0.25, -0.2) is 14.2 Å². The number of hydrogen-bond donors (Lipinski definition) is 1. The molecule has 1 aromatic heterocycles. The monoisotopic (exact) mass is 604 g/mol. The van der Waals surface area contributed by atoms with Crippen LogP contribution in [-0.4, -0.2) is 73.7 Å². The molecule has 6 rings (SSSR count). The number of benzene rings is 1. The van der Waals surface area contributed by atoms with E-state index in [0.29, 0.717) is 58.3 Å². The fourth-order valence-corrected chi connectivity index (χ4v) is 7.72. The van der Waals surface area contributed by atoms with Crippen molar-refractivity contribution < 1.29 is 28.2 Å². The standard InChI is InChI=1S/C26H26BrFN4O5S/c1-35-24(33)13-7-18-26(9-13)12-37-11-19(26)32(18)10-17-20(25(34)36-2)21(15-4-3-14(28)8-16(15)27)31-22(30-17)23-29-5-6-38-23/h3-6,8,13,18-19,21H,7,9-12H2,1-2H3,(H,30,31)/t13?,18?,19?,21-,26?/m0/s1. The summed E-state index contributed by atoms with van der Waals surface area (Å²) in [6.07, 6.45) is 3.10. The van der Waals surface area contributed by atoms with Crippen molar-refractivity contribution in [2.75, 3.05) is 34.0 Å². The number of esters is 2. The Hall–Kier alpha value is -2.67. The van der Waals surface area contributed by atoms with Gasteiger partial charge in [0.2, 0.25) is 0 Å². The summed E-state index contributed by atoms with van der Waals surface area (Å²) in [7, 11) is 2.76. The number of nitrogens with zero attached hydrogens (tertiary/aromatic N) is 3. The Morgan fingerprint density at radius 1 is 1.32 bits per heavy atom. The molecule has 4 unspecified atom stereocenters. The van der Waals surface area contributed by atoms with Gasteiger partial charge < -0.3 is 19.5 Å². The van der Waals surface area contributed by atoms with Crippen molar-refractivity contribution in [2.24, 2.45) is 16.3 Å². The molecule has 0 amide bonds. The topological polar surface area (TPSA) is 102 Å². The summed E-state index contributed by atoms with van der Waals surface area (Å²) >= 11 is 4.88. The maximum absolute atomic E-state index is 14.0. The van der Waals surface area contributed by atoms with Gasteiger partial charge in [-0.1, -0.05) is 22.0 Å². The van der Waals surface area contributed by atoms with E-state index in [1.165, 1.54) is 37.7 Å². The third-order valence-corrected chi connectivity index (χ3v) is 9.67. The summed E-state index contributed by atoms with van der Waals surface area (Å²) in [5, 5.41) is 5.89. The first-order valence-electron chi connectivity index (χ1n) is 12.3. The minimum atomic E-state index is -0.746. The summed E-state index contributed by atoms with van der Waals surface area (Å²) in [6, 6.07) is 3.82. The van der Waals surface area contributed by atoms with Crippen LogP contribution in [0.5, 0.6) is 0 Å². The number of amidine groups is 1. The number of ether oxygens (including phenoxy) is 3. The number of carbonyl (C=O) groups is 2. The molecule has 2 saturated heterocycles. The van der Waals surface area contributed by atoms with E-state index < -0.39 is 17.8 Å². The van der Waals surface area contributed by atoms with Gasteiger partial charge in [-0.3, -0.25) is 14.7 Å². The average Bonchev–Trinajstić information content (AvgIpc) is 3.65. The first kappa shape index (κ1) is 25.6. The zero-order chi connectivity index (χ0) is 26.6. The summed E-state index contributed by atoms with van der Waals surface area (Å²) in [4.78, 5) is 37.2. The number of likely N-dealkylation sites (tertiary alicyclic amines) is 1. The van der Waals surface area contributed by atoms with Crippen LogP contribution in [-0.2, 0) is 23.8 Å². The van der Waals surface area contributed by atoms with Crippen LogP contribution in [0.2, 0.25) is 0 Å². The van der Waals surface area contributed by atoms with E-state index in [9.17, 15) is 14.0 Å². The van der Waals surface area contributed by atoms with Gasteiger partial charge in [0.1, 0.15) is 11.9 Å². The van der Waals surface area contributed by atoms with Gasteiger partial charge in [0.25, 0.3) is 0 Å². The van der Waals surface area contributed by atoms with Gasteiger partial charge in [-0.05, 0) is 30.5 Å².